The highest BCUT2D eigenvalue weighted by Crippen LogP contribution is 2.24. The fourth-order valence-corrected chi connectivity index (χ4v) is 1.86. The molecule has 104 valence electrons. The zero-order valence-corrected chi connectivity index (χ0v) is 11.3. The fraction of sp³-hybridized carbons (Fsp3) is 0.188. The monoisotopic (exact) mass is 271 g/mol. The van der Waals surface area contributed by atoms with Crippen LogP contribution in [0, 0.1) is 0 Å². The molecule has 0 amide bonds. The SMILES string of the molecule is CCC(=O)c1cc(O)cc(OCc2ccccc2N)c1. The van der Waals surface area contributed by atoms with Crippen LogP contribution in [0.5, 0.6) is 11.5 Å². The number of nitrogens with two attached hydrogens (primary N) is 1. The Hall–Kier alpha value is -2.49. The third-order valence-electron chi connectivity index (χ3n) is 2.98. The van der Waals surface area contributed by atoms with Crippen molar-refractivity contribution in [3.8, 4) is 11.5 Å². The molecule has 0 atom stereocenters. The van der Waals surface area contributed by atoms with Gasteiger partial charge in [-0.15, -0.1) is 0 Å². The third-order valence-corrected chi connectivity index (χ3v) is 2.98. The number of carbonyl (C=O) groups excluding carboxylic acids is 1. The molecule has 2 aromatic carbocycles. The van der Waals surface area contributed by atoms with E-state index in [2.05, 4.69) is 0 Å². The van der Waals surface area contributed by atoms with E-state index in [1.807, 2.05) is 18.2 Å². The van der Waals surface area contributed by atoms with Crippen molar-refractivity contribution in [3.05, 3.63) is 53.6 Å². The van der Waals surface area contributed by atoms with Crippen molar-refractivity contribution < 1.29 is 14.6 Å². The molecule has 0 bridgehead atoms. The first kappa shape index (κ1) is 13.9. The molecule has 4 heteroatoms. The second-order valence-electron chi connectivity index (χ2n) is 4.48. The van der Waals surface area contributed by atoms with E-state index in [-0.39, 0.29) is 18.1 Å². The molecule has 0 aromatic heterocycles. The summed E-state index contributed by atoms with van der Waals surface area (Å²) in [4.78, 5) is 11.7. The summed E-state index contributed by atoms with van der Waals surface area (Å²) < 4.78 is 5.60. The predicted molar refractivity (Wildman–Crippen MR) is 77.9 cm³/mol. The van der Waals surface area contributed by atoms with Crippen molar-refractivity contribution in [2.45, 2.75) is 20.0 Å². The van der Waals surface area contributed by atoms with E-state index in [1.165, 1.54) is 12.1 Å². The lowest BCUT2D eigenvalue weighted by molar-refractivity contribution is 0.0987. The van der Waals surface area contributed by atoms with Gasteiger partial charge < -0.3 is 15.6 Å². The van der Waals surface area contributed by atoms with Gasteiger partial charge in [0.2, 0.25) is 0 Å². The Morgan fingerprint density at radius 1 is 1.25 bits per heavy atom. The summed E-state index contributed by atoms with van der Waals surface area (Å²) in [5, 5.41) is 9.63. The number of hydrogen-bond donors (Lipinski definition) is 2. The molecule has 0 aliphatic carbocycles. The Morgan fingerprint density at radius 3 is 2.70 bits per heavy atom. The van der Waals surface area contributed by atoms with Gasteiger partial charge in [-0.2, -0.15) is 0 Å². The highest BCUT2D eigenvalue weighted by molar-refractivity contribution is 5.96. The molecule has 0 radical (unpaired) electrons. The first-order valence-corrected chi connectivity index (χ1v) is 6.43. The van der Waals surface area contributed by atoms with Crippen molar-refractivity contribution in [1.29, 1.82) is 0 Å². The number of aromatic hydroxyl groups is 1. The number of hydrogen-bond acceptors (Lipinski definition) is 4. The lowest BCUT2D eigenvalue weighted by Crippen LogP contribution is -2.01. The minimum Gasteiger partial charge on any atom is -0.508 e. The van der Waals surface area contributed by atoms with Crippen LogP contribution in [-0.4, -0.2) is 10.9 Å². The Balaban J connectivity index is 2.16. The topological polar surface area (TPSA) is 72.5 Å². The highest BCUT2D eigenvalue weighted by Gasteiger charge is 2.08. The molecular weight excluding hydrogens is 254 g/mol. The molecule has 0 saturated heterocycles. The normalized spacial score (nSPS) is 10.2. The van der Waals surface area contributed by atoms with Gasteiger partial charge in [0, 0.05) is 29.3 Å². The zero-order chi connectivity index (χ0) is 14.5. The van der Waals surface area contributed by atoms with Gasteiger partial charge in [-0.25, -0.2) is 0 Å². The molecule has 0 aliphatic heterocycles. The van der Waals surface area contributed by atoms with Gasteiger partial charge in [0.25, 0.3) is 0 Å². The van der Waals surface area contributed by atoms with Crippen LogP contribution in [-0.2, 0) is 6.61 Å². The molecule has 4 nitrogen and oxygen atoms in total. The van der Waals surface area contributed by atoms with Gasteiger partial charge in [0.15, 0.2) is 5.78 Å². The first-order chi connectivity index (χ1) is 9.60. The number of para-hydroxylation sites is 1. The minimum absolute atomic E-state index is 0.0142. The maximum atomic E-state index is 11.7. The van der Waals surface area contributed by atoms with E-state index < -0.39 is 0 Å². The number of carbonyl (C=O) groups is 1. The standard InChI is InChI=1S/C16H17NO3/c1-2-16(19)12-7-13(18)9-14(8-12)20-10-11-5-3-4-6-15(11)17/h3-9,18H,2,10,17H2,1H3. The van der Waals surface area contributed by atoms with Crippen LogP contribution in [0.4, 0.5) is 5.69 Å². The molecule has 0 saturated carbocycles. The molecule has 0 unspecified atom stereocenters. The van der Waals surface area contributed by atoms with Gasteiger partial charge >= 0.3 is 0 Å². The Bertz CT molecular complexity index is 623. The molecule has 0 fully saturated rings. The van der Waals surface area contributed by atoms with Crippen LogP contribution in [0.25, 0.3) is 0 Å². The van der Waals surface area contributed by atoms with Crippen molar-refractivity contribution >= 4 is 11.5 Å². The summed E-state index contributed by atoms with van der Waals surface area (Å²) >= 11 is 0. The van der Waals surface area contributed by atoms with Gasteiger partial charge in [0.05, 0.1) is 0 Å². The number of benzene rings is 2. The van der Waals surface area contributed by atoms with Crippen LogP contribution in [0.3, 0.4) is 0 Å². The minimum atomic E-state index is -0.0371. The lowest BCUT2D eigenvalue weighted by Gasteiger charge is -2.10. The van der Waals surface area contributed by atoms with Crippen molar-refractivity contribution in [1.82, 2.24) is 0 Å². The van der Waals surface area contributed by atoms with Gasteiger partial charge in [-0.05, 0) is 18.2 Å². The number of anilines is 1. The Labute approximate surface area is 117 Å². The average Bonchev–Trinajstić information content (AvgIpc) is 2.45. The van der Waals surface area contributed by atoms with Gasteiger partial charge in [-0.3, -0.25) is 4.79 Å². The smallest absolute Gasteiger partial charge is 0.162 e. The number of ketones is 1. The third kappa shape index (κ3) is 3.29. The molecule has 0 heterocycles. The number of Topliss-reactive ketones (excluding diaryl/α,β-unsaturated/α-hetero) is 1. The lowest BCUT2D eigenvalue weighted by atomic mass is 10.1. The molecule has 2 rings (SSSR count). The van der Waals surface area contributed by atoms with E-state index in [4.69, 9.17) is 10.5 Å². The van der Waals surface area contributed by atoms with Crippen LogP contribution in [0.1, 0.15) is 29.3 Å². The van der Waals surface area contributed by atoms with Crippen molar-refractivity contribution in [2.75, 3.05) is 5.73 Å². The van der Waals surface area contributed by atoms with E-state index >= 15 is 0 Å². The van der Waals surface area contributed by atoms with Crippen LogP contribution in [0.15, 0.2) is 42.5 Å². The van der Waals surface area contributed by atoms with Gasteiger partial charge in [-0.1, -0.05) is 25.1 Å². The Kier molecular flexibility index (Phi) is 4.25. The average molecular weight is 271 g/mol. The number of ether oxygens (including phenoxy) is 1. The summed E-state index contributed by atoms with van der Waals surface area (Å²) in [6, 6.07) is 11.9. The number of phenols is 1. The van der Waals surface area contributed by atoms with E-state index in [0.717, 1.165) is 5.56 Å². The summed E-state index contributed by atoms with van der Waals surface area (Å²) in [5.41, 5.74) is 7.79. The van der Waals surface area contributed by atoms with Crippen LogP contribution < -0.4 is 10.5 Å². The van der Waals surface area contributed by atoms with Gasteiger partial charge in [0.1, 0.15) is 18.1 Å². The first-order valence-electron chi connectivity index (χ1n) is 6.43. The van der Waals surface area contributed by atoms with E-state index in [9.17, 15) is 9.90 Å². The molecule has 2 aromatic rings. The zero-order valence-electron chi connectivity index (χ0n) is 11.3. The number of nitrogen functional groups attached to an aromatic ring is 1. The maximum Gasteiger partial charge on any atom is 0.162 e. The molecule has 0 spiro atoms. The van der Waals surface area contributed by atoms with E-state index in [1.54, 1.807) is 19.1 Å². The van der Waals surface area contributed by atoms with Crippen LogP contribution >= 0.6 is 0 Å². The number of phenolic OH excluding ortho intramolecular Hbond substituents is 1. The molecular formula is C16H17NO3. The number of rotatable bonds is 5. The summed E-state index contributed by atoms with van der Waals surface area (Å²) in [7, 11) is 0. The van der Waals surface area contributed by atoms with Crippen molar-refractivity contribution in [3.63, 3.8) is 0 Å². The predicted octanol–water partition coefficient (Wildman–Crippen LogP) is 3.15. The summed E-state index contributed by atoms with van der Waals surface area (Å²) in [5.74, 6) is 0.426. The second kappa shape index (κ2) is 6.10. The molecule has 3 N–H and O–H groups in total. The summed E-state index contributed by atoms with van der Waals surface area (Å²) in [6.45, 7) is 2.06. The van der Waals surface area contributed by atoms with Crippen molar-refractivity contribution in [2.24, 2.45) is 0 Å². The molecule has 0 aliphatic rings. The fourth-order valence-electron chi connectivity index (χ4n) is 1.86. The quantitative estimate of drug-likeness (QED) is 0.647. The second-order valence-corrected chi connectivity index (χ2v) is 4.48. The Morgan fingerprint density at radius 2 is 2.00 bits per heavy atom. The highest BCUT2D eigenvalue weighted by atomic mass is 16.5. The maximum absolute atomic E-state index is 11.7. The largest absolute Gasteiger partial charge is 0.508 e. The summed E-state index contributed by atoms with van der Waals surface area (Å²) in [6.07, 6.45) is 0.383. The van der Waals surface area contributed by atoms with E-state index in [0.29, 0.717) is 23.4 Å². The van der Waals surface area contributed by atoms with Crippen LogP contribution in [0.2, 0.25) is 0 Å². The molecule has 20 heavy (non-hydrogen) atoms.